The van der Waals surface area contributed by atoms with Gasteiger partial charge in [0.15, 0.2) is 0 Å². The molecule has 0 bridgehead atoms. The molecule has 160 valence electrons. The van der Waals surface area contributed by atoms with E-state index in [1.54, 1.807) is 6.07 Å². The number of benzene rings is 2. The second kappa shape index (κ2) is 9.75. The summed E-state index contributed by atoms with van der Waals surface area (Å²) in [5, 5.41) is 4.80. The van der Waals surface area contributed by atoms with Crippen LogP contribution >= 0.6 is 11.3 Å². The van der Waals surface area contributed by atoms with Gasteiger partial charge in [0.05, 0.1) is 4.88 Å². The highest BCUT2D eigenvalue weighted by Crippen LogP contribution is 2.28. The lowest BCUT2D eigenvalue weighted by atomic mass is 10.1. The summed E-state index contributed by atoms with van der Waals surface area (Å²) in [5.74, 6) is -0.889. The molecule has 0 saturated carbocycles. The molecule has 1 heterocycles. The Bertz CT molecular complexity index is 1100. The van der Waals surface area contributed by atoms with Gasteiger partial charge in [0, 0.05) is 23.4 Å². The van der Waals surface area contributed by atoms with Crippen molar-refractivity contribution in [3.63, 3.8) is 0 Å². The molecule has 31 heavy (non-hydrogen) atoms. The fraction of sp³-hybridized carbons (Fsp3) is 0.292. The average Bonchev–Trinajstić information content (AvgIpc) is 3.07. The molecule has 2 aromatic carbocycles. The van der Waals surface area contributed by atoms with Gasteiger partial charge in [0.2, 0.25) is 5.91 Å². The summed E-state index contributed by atoms with van der Waals surface area (Å²) in [6, 6.07) is 15.3. The number of hydrazine groups is 1. The van der Waals surface area contributed by atoms with Crippen LogP contribution in [0.15, 0.2) is 48.5 Å². The van der Waals surface area contributed by atoms with Crippen LogP contribution in [0.5, 0.6) is 0 Å². The van der Waals surface area contributed by atoms with Crippen LogP contribution in [0.3, 0.4) is 0 Å². The van der Waals surface area contributed by atoms with E-state index >= 15 is 0 Å². The predicted molar refractivity (Wildman–Crippen MR) is 122 cm³/mol. The Morgan fingerprint density at radius 3 is 2.52 bits per heavy atom. The van der Waals surface area contributed by atoms with E-state index in [-0.39, 0.29) is 30.7 Å². The maximum Gasteiger partial charge on any atom is 0.279 e. The van der Waals surface area contributed by atoms with Crippen LogP contribution in [0.4, 0.5) is 0 Å². The highest BCUT2D eigenvalue weighted by atomic mass is 32.1. The highest BCUT2D eigenvalue weighted by molar-refractivity contribution is 7.14. The van der Waals surface area contributed by atoms with Gasteiger partial charge in [0.1, 0.15) is 0 Å². The SMILES string of the molecule is O=C(CCNC(=O)c1ccc2ccccc2c1)NNC(=O)c1cc2c(s1)CCCCC2. The number of amides is 3. The minimum atomic E-state index is -0.356. The van der Waals surface area contributed by atoms with Crippen LogP contribution in [-0.4, -0.2) is 24.3 Å². The molecule has 4 rings (SSSR count). The number of carbonyl (C=O) groups is 3. The van der Waals surface area contributed by atoms with E-state index in [1.807, 2.05) is 42.5 Å². The molecule has 0 saturated heterocycles. The fourth-order valence-electron chi connectivity index (χ4n) is 3.75. The lowest BCUT2D eigenvalue weighted by Gasteiger charge is -2.08. The first kappa shape index (κ1) is 21.1. The van der Waals surface area contributed by atoms with Gasteiger partial charge in [-0.2, -0.15) is 0 Å². The Balaban J connectivity index is 1.22. The minimum absolute atomic E-state index is 0.0700. The molecule has 3 N–H and O–H groups in total. The quantitative estimate of drug-likeness (QED) is 0.421. The minimum Gasteiger partial charge on any atom is -0.352 e. The Hall–Kier alpha value is -3.19. The van der Waals surface area contributed by atoms with E-state index in [2.05, 4.69) is 16.2 Å². The standard InChI is InChI=1S/C24H25N3O3S/c28-22(26-27-24(30)21-15-18-8-2-1-3-9-20(18)31-21)12-13-25-23(29)19-11-10-16-6-4-5-7-17(16)14-19/h4-7,10-11,14-15H,1-3,8-9,12-13H2,(H,25,29)(H,26,28)(H,27,30). The molecule has 3 aromatic rings. The van der Waals surface area contributed by atoms with Crippen LogP contribution in [0.25, 0.3) is 10.8 Å². The molecule has 7 heteroatoms. The number of fused-ring (bicyclic) bond motifs is 2. The molecule has 6 nitrogen and oxygen atoms in total. The fourth-order valence-corrected chi connectivity index (χ4v) is 4.90. The third-order valence-electron chi connectivity index (χ3n) is 5.44. The van der Waals surface area contributed by atoms with Gasteiger partial charge in [-0.3, -0.25) is 25.2 Å². The molecule has 0 fully saturated rings. The molecule has 1 aromatic heterocycles. The first-order chi connectivity index (χ1) is 15.1. The van der Waals surface area contributed by atoms with Gasteiger partial charge in [-0.25, -0.2) is 0 Å². The second-order valence-electron chi connectivity index (χ2n) is 7.69. The van der Waals surface area contributed by atoms with Crippen molar-refractivity contribution in [2.24, 2.45) is 0 Å². The molecule has 0 atom stereocenters. The lowest BCUT2D eigenvalue weighted by molar-refractivity contribution is -0.121. The number of rotatable bonds is 5. The molecule has 1 aliphatic carbocycles. The number of hydrogen-bond donors (Lipinski definition) is 3. The number of hydrogen-bond acceptors (Lipinski definition) is 4. The van der Waals surface area contributed by atoms with Gasteiger partial charge in [0.25, 0.3) is 11.8 Å². The van der Waals surface area contributed by atoms with Gasteiger partial charge in [-0.1, -0.05) is 36.8 Å². The Morgan fingerprint density at radius 2 is 1.65 bits per heavy atom. The molecule has 0 radical (unpaired) electrons. The third-order valence-corrected chi connectivity index (χ3v) is 6.67. The smallest absolute Gasteiger partial charge is 0.279 e. The Morgan fingerprint density at radius 1 is 0.839 bits per heavy atom. The molecular formula is C24H25N3O3S. The van der Waals surface area contributed by atoms with Crippen LogP contribution in [-0.2, 0) is 17.6 Å². The van der Waals surface area contributed by atoms with Crippen LogP contribution in [0.1, 0.15) is 56.2 Å². The first-order valence-corrected chi connectivity index (χ1v) is 11.4. The number of carbonyl (C=O) groups excluding carboxylic acids is 3. The summed E-state index contributed by atoms with van der Waals surface area (Å²) in [6.45, 7) is 0.181. The monoisotopic (exact) mass is 435 g/mol. The molecule has 0 spiro atoms. The molecule has 1 aliphatic rings. The summed E-state index contributed by atoms with van der Waals surface area (Å²) < 4.78 is 0. The molecule has 0 aliphatic heterocycles. The number of aryl methyl sites for hydroxylation is 2. The molecule has 0 unspecified atom stereocenters. The summed E-state index contributed by atoms with van der Waals surface area (Å²) >= 11 is 1.51. The summed E-state index contributed by atoms with van der Waals surface area (Å²) in [4.78, 5) is 38.6. The summed E-state index contributed by atoms with van der Waals surface area (Å²) in [7, 11) is 0. The van der Waals surface area contributed by atoms with E-state index in [1.165, 1.54) is 28.2 Å². The van der Waals surface area contributed by atoms with Gasteiger partial charge in [-0.05, 0) is 60.2 Å². The predicted octanol–water partition coefficient (Wildman–Crippen LogP) is 3.75. The van der Waals surface area contributed by atoms with Crippen molar-refractivity contribution >= 4 is 39.8 Å². The van der Waals surface area contributed by atoms with E-state index in [4.69, 9.17) is 0 Å². The first-order valence-electron chi connectivity index (χ1n) is 10.6. The average molecular weight is 436 g/mol. The maximum absolute atomic E-state index is 12.3. The van der Waals surface area contributed by atoms with Crippen LogP contribution in [0.2, 0.25) is 0 Å². The summed E-state index contributed by atoms with van der Waals surface area (Å²) in [6.07, 6.45) is 5.67. The largest absolute Gasteiger partial charge is 0.352 e. The van der Waals surface area contributed by atoms with Gasteiger partial charge < -0.3 is 5.32 Å². The van der Waals surface area contributed by atoms with Crippen molar-refractivity contribution in [3.05, 3.63) is 69.4 Å². The van der Waals surface area contributed by atoms with E-state index < -0.39 is 0 Å². The van der Waals surface area contributed by atoms with Crippen molar-refractivity contribution < 1.29 is 14.4 Å². The van der Waals surface area contributed by atoms with Crippen LogP contribution in [0, 0.1) is 0 Å². The van der Waals surface area contributed by atoms with Crippen molar-refractivity contribution in [3.8, 4) is 0 Å². The maximum atomic E-state index is 12.3. The van der Waals surface area contributed by atoms with Crippen molar-refractivity contribution in [2.75, 3.05) is 6.54 Å². The third kappa shape index (κ3) is 5.30. The second-order valence-corrected chi connectivity index (χ2v) is 8.83. The highest BCUT2D eigenvalue weighted by Gasteiger charge is 2.17. The van der Waals surface area contributed by atoms with Crippen LogP contribution < -0.4 is 16.2 Å². The van der Waals surface area contributed by atoms with Gasteiger partial charge >= 0.3 is 0 Å². The van der Waals surface area contributed by atoms with Gasteiger partial charge in [-0.15, -0.1) is 11.3 Å². The zero-order valence-corrected chi connectivity index (χ0v) is 18.0. The Kier molecular flexibility index (Phi) is 6.62. The van der Waals surface area contributed by atoms with E-state index in [0.29, 0.717) is 10.4 Å². The van der Waals surface area contributed by atoms with E-state index in [9.17, 15) is 14.4 Å². The molecular weight excluding hydrogens is 410 g/mol. The Labute approximate surface area is 185 Å². The summed E-state index contributed by atoms with van der Waals surface area (Å²) in [5.41, 5.74) is 6.71. The van der Waals surface area contributed by atoms with Crippen molar-refractivity contribution in [2.45, 2.75) is 38.5 Å². The number of nitrogens with one attached hydrogen (secondary N) is 3. The lowest BCUT2D eigenvalue weighted by Crippen LogP contribution is -2.42. The molecule has 3 amide bonds. The zero-order chi connectivity index (χ0) is 21.6. The topological polar surface area (TPSA) is 87.3 Å². The zero-order valence-electron chi connectivity index (χ0n) is 17.2. The van der Waals surface area contributed by atoms with Crippen molar-refractivity contribution in [1.82, 2.24) is 16.2 Å². The van der Waals surface area contributed by atoms with E-state index in [0.717, 1.165) is 36.5 Å². The van der Waals surface area contributed by atoms with Crippen molar-refractivity contribution in [1.29, 1.82) is 0 Å². The number of thiophene rings is 1. The normalized spacial score (nSPS) is 13.2.